The van der Waals surface area contributed by atoms with E-state index in [0.29, 0.717) is 36.6 Å². The third-order valence-corrected chi connectivity index (χ3v) is 8.75. The standard InChI is InChI=1S/C36H45N3O5/c1-25-21-39(26(2)24-40)36(42)32-20-29(37-35(41)28-10-6-4-7-11-28)16-19-33(32)44-34(25)23-38(3)22-27-14-17-31(18-15-27)43-30-12-8-5-9-13-30/h5,8-9,12-20,25-26,28,34,40H,4,6-7,10-11,21-24H2,1-3H3,(H,37,41)/t25-,26+,34-/m1/s1. The van der Waals surface area contributed by atoms with Gasteiger partial charge in [0.05, 0.1) is 18.2 Å². The highest BCUT2D eigenvalue weighted by atomic mass is 16.5. The molecule has 0 bridgehead atoms. The van der Waals surface area contributed by atoms with Crippen LogP contribution in [0.25, 0.3) is 0 Å². The van der Waals surface area contributed by atoms with E-state index < -0.39 is 0 Å². The van der Waals surface area contributed by atoms with Gasteiger partial charge in [-0.1, -0.05) is 56.5 Å². The Morgan fingerprint density at radius 1 is 1.05 bits per heavy atom. The third kappa shape index (κ3) is 7.98. The van der Waals surface area contributed by atoms with Crippen molar-refractivity contribution < 1.29 is 24.2 Å². The van der Waals surface area contributed by atoms with Gasteiger partial charge in [0.15, 0.2) is 0 Å². The van der Waals surface area contributed by atoms with E-state index in [-0.39, 0.29) is 42.4 Å². The second kappa shape index (κ2) is 14.7. The van der Waals surface area contributed by atoms with Crippen LogP contribution in [-0.4, -0.2) is 65.6 Å². The molecule has 3 atom stereocenters. The molecule has 2 N–H and O–H groups in total. The number of rotatable bonds is 10. The molecular weight excluding hydrogens is 554 g/mol. The molecular formula is C36H45N3O5. The van der Waals surface area contributed by atoms with Crippen molar-refractivity contribution in [2.24, 2.45) is 11.8 Å². The van der Waals surface area contributed by atoms with Crippen LogP contribution in [0.2, 0.25) is 0 Å². The summed E-state index contributed by atoms with van der Waals surface area (Å²) in [6.07, 6.45) is 4.93. The molecule has 234 valence electrons. The smallest absolute Gasteiger partial charge is 0.258 e. The monoisotopic (exact) mass is 599 g/mol. The molecule has 0 saturated heterocycles. The Labute approximate surface area is 261 Å². The molecule has 8 heteroatoms. The van der Waals surface area contributed by atoms with Gasteiger partial charge in [-0.25, -0.2) is 0 Å². The minimum atomic E-state index is -0.355. The lowest BCUT2D eigenvalue weighted by Crippen LogP contribution is -2.49. The number of fused-ring (bicyclic) bond motifs is 1. The summed E-state index contributed by atoms with van der Waals surface area (Å²) in [5, 5.41) is 13.0. The largest absolute Gasteiger partial charge is 0.488 e. The zero-order valence-corrected chi connectivity index (χ0v) is 26.1. The van der Waals surface area contributed by atoms with Gasteiger partial charge in [-0.3, -0.25) is 14.5 Å². The van der Waals surface area contributed by atoms with Gasteiger partial charge in [0.25, 0.3) is 5.91 Å². The predicted octanol–water partition coefficient (Wildman–Crippen LogP) is 6.35. The highest BCUT2D eigenvalue weighted by Gasteiger charge is 2.34. The molecule has 44 heavy (non-hydrogen) atoms. The number of hydrogen-bond donors (Lipinski definition) is 2. The van der Waals surface area contributed by atoms with Gasteiger partial charge in [-0.05, 0) is 74.8 Å². The van der Waals surface area contributed by atoms with Crippen LogP contribution in [-0.2, 0) is 11.3 Å². The van der Waals surface area contributed by atoms with Crippen LogP contribution < -0.4 is 14.8 Å². The van der Waals surface area contributed by atoms with Crippen molar-refractivity contribution in [3.05, 3.63) is 83.9 Å². The van der Waals surface area contributed by atoms with E-state index in [1.807, 2.05) is 55.5 Å². The van der Waals surface area contributed by atoms with Gasteiger partial charge in [0, 0.05) is 37.2 Å². The maximum absolute atomic E-state index is 13.8. The number of likely N-dealkylation sites (N-methyl/N-ethyl adjacent to an activating group) is 1. The Balaban J connectivity index is 1.29. The Morgan fingerprint density at radius 3 is 2.45 bits per heavy atom. The summed E-state index contributed by atoms with van der Waals surface area (Å²) in [4.78, 5) is 30.7. The molecule has 1 saturated carbocycles. The molecule has 1 fully saturated rings. The first-order valence-corrected chi connectivity index (χ1v) is 15.8. The van der Waals surface area contributed by atoms with E-state index in [1.54, 1.807) is 17.0 Å². The quantitative estimate of drug-likeness (QED) is 0.282. The highest BCUT2D eigenvalue weighted by Crippen LogP contribution is 2.32. The van der Waals surface area contributed by atoms with Crippen molar-refractivity contribution in [1.82, 2.24) is 9.80 Å². The number of anilines is 1. The number of ether oxygens (including phenoxy) is 2. The molecule has 0 unspecified atom stereocenters. The van der Waals surface area contributed by atoms with E-state index in [2.05, 4.69) is 36.3 Å². The lowest BCUT2D eigenvalue weighted by molar-refractivity contribution is -0.120. The molecule has 0 radical (unpaired) electrons. The minimum absolute atomic E-state index is 0.0101. The Kier molecular flexibility index (Phi) is 10.6. The fraction of sp³-hybridized carbons (Fsp3) is 0.444. The van der Waals surface area contributed by atoms with Gasteiger partial charge in [-0.2, -0.15) is 0 Å². The topological polar surface area (TPSA) is 91.3 Å². The number of nitrogens with one attached hydrogen (secondary N) is 1. The second-order valence-corrected chi connectivity index (χ2v) is 12.4. The highest BCUT2D eigenvalue weighted by molar-refractivity contribution is 6.00. The van der Waals surface area contributed by atoms with Crippen LogP contribution >= 0.6 is 0 Å². The van der Waals surface area contributed by atoms with Crippen molar-refractivity contribution in [3.8, 4) is 17.2 Å². The Hall–Kier alpha value is -3.88. The van der Waals surface area contributed by atoms with E-state index >= 15 is 0 Å². The molecule has 0 aromatic heterocycles. The molecule has 5 rings (SSSR count). The number of benzene rings is 3. The summed E-state index contributed by atoms with van der Waals surface area (Å²) < 4.78 is 12.5. The maximum atomic E-state index is 13.8. The number of para-hydroxylation sites is 1. The van der Waals surface area contributed by atoms with Gasteiger partial charge < -0.3 is 24.8 Å². The molecule has 2 amide bonds. The fourth-order valence-electron chi connectivity index (χ4n) is 6.10. The normalized spacial score (nSPS) is 19.8. The molecule has 0 spiro atoms. The lowest BCUT2D eigenvalue weighted by Gasteiger charge is -2.38. The van der Waals surface area contributed by atoms with E-state index in [9.17, 15) is 14.7 Å². The summed E-state index contributed by atoms with van der Waals surface area (Å²) >= 11 is 0. The number of amides is 2. The first kappa shape index (κ1) is 31.5. The molecule has 1 aliphatic carbocycles. The summed E-state index contributed by atoms with van der Waals surface area (Å²) in [6.45, 7) is 5.60. The van der Waals surface area contributed by atoms with E-state index in [4.69, 9.17) is 9.47 Å². The summed E-state index contributed by atoms with van der Waals surface area (Å²) in [7, 11) is 2.06. The Morgan fingerprint density at radius 2 is 1.75 bits per heavy atom. The van der Waals surface area contributed by atoms with E-state index in [0.717, 1.165) is 42.7 Å². The van der Waals surface area contributed by atoms with Crippen LogP contribution in [0.15, 0.2) is 72.8 Å². The average Bonchev–Trinajstić information content (AvgIpc) is 3.04. The van der Waals surface area contributed by atoms with Crippen molar-refractivity contribution in [2.45, 2.75) is 64.6 Å². The lowest BCUT2D eigenvalue weighted by atomic mass is 9.88. The number of carbonyl (C=O) groups excluding carboxylic acids is 2. The molecule has 3 aromatic rings. The molecule has 3 aromatic carbocycles. The zero-order valence-electron chi connectivity index (χ0n) is 26.1. The van der Waals surface area contributed by atoms with Gasteiger partial charge in [0.1, 0.15) is 23.4 Å². The summed E-state index contributed by atoms with van der Waals surface area (Å²) in [5.41, 5.74) is 2.14. The number of aliphatic hydroxyl groups excluding tert-OH is 1. The molecule has 1 heterocycles. The predicted molar refractivity (Wildman–Crippen MR) is 172 cm³/mol. The zero-order chi connectivity index (χ0) is 31.1. The van der Waals surface area contributed by atoms with E-state index in [1.165, 1.54) is 6.42 Å². The van der Waals surface area contributed by atoms with Crippen LogP contribution in [0.3, 0.4) is 0 Å². The van der Waals surface area contributed by atoms with Crippen molar-refractivity contribution in [2.75, 3.05) is 32.1 Å². The van der Waals surface area contributed by atoms with Crippen LogP contribution in [0.4, 0.5) is 5.69 Å². The summed E-state index contributed by atoms with van der Waals surface area (Å²) in [6, 6.07) is 22.8. The first-order chi connectivity index (χ1) is 21.3. The second-order valence-electron chi connectivity index (χ2n) is 12.4. The van der Waals surface area contributed by atoms with Crippen molar-refractivity contribution in [1.29, 1.82) is 0 Å². The maximum Gasteiger partial charge on any atom is 0.258 e. The summed E-state index contributed by atoms with van der Waals surface area (Å²) in [5.74, 6) is 1.91. The van der Waals surface area contributed by atoms with Gasteiger partial charge in [-0.15, -0.1) is 0 Å². The van der Waals surface area contributed by atoms with Crippen LogP contribution in [0.1, 0.15) is 61.9 Å². The third-order valence-electron chi connectivity index (χ3n) is 8.75. The van der Waals surface area contributed by atoms with Crippen molar-refractivity contribution in [3.63, 3.8) is 0 Å². The SMILES string of the molecule is C[C@@H]1CN([C@@H](C)CO)C(=O)c2cc(NC(=O)C3CCCCC3)ccc2O[C@@H]1CN(C)Cc1ccc(Oc2ccccc2)cc1. The fourth-order valence-corrected chi connectivity index (χ4v) is 6.10. The average molecular weight is 600 g/mol. The number of carbonyl (C=O) groups is 2. The van der Waals surface area contributed by atoms with Crippen LogP contribution in [0, 0.1) is 11.8 Å². The molecule has 8 nitrogen and oxygen atoms in total. The van der Waals surface area contributed by atoms with Crippen molar-refractivity contribution >= 4 is 17.5 Å². The Bertz CT molecular complexity index is 1390. The minimum Gasteiger partial charge on any atom is -0.488 e. The van der Waals surface area contributed by atoms with Crippen LogP contribution in [0.5, 0.6) is 17.2 Å². The molecule has 1 aliphatic heterocycles. The first-order valence-electron chi connectivity index (χ1n) is 15.8. The van der Waals surface area contributed by atoms with Gasteiger partial charge >= 0.3 is 0 Å². The molecule has 2 aliphatic rings. The number of aliphatic hydroxyl groups is 1. The van der Waals surface area contributed by atoms with Gasteiger partial charge in [0.2, 0.25) is 5.91 Å². The number of hydrogen-bond acceptors (Lipinski definition) is 6. The number of nitrogens with zero attached hydrogens (tertiary/aromatic N) is 2.